The number of aliphatic carboxylic acids is 1. The number of carbonyl (C=O) groups is 2. The molecule has 1 amide bonds. The fraction of sp³-hybridized carbons (Fsp3) is 0.333. The zero-order chi connectivity index (χ0) is 13.1. The van der Waals surface area contributed by atoms with E-state index in [-0.39, 0.29) is 25.6 Å². The number of nitrogens with zero attached hydrogens (tertiary/aromatic N) is 1. The maximum atomic E-state index is 11.6. The number of hydrogen-bond donors (Lipinski definition) is 1. The molecule has 1 aliphatic heterocycles. The first kappa shape index (κ1) is 12.9. The number of amides is 1. The van der Waals surface area contributed by atoms with Crippen molar-refractivity contribution in [3.63, 3.8) is 0 Å². The lowest BCUT2D eigenvalue weighted by Gasteiger charge is -2.36. The van der Waals surface area contributed by atoms with Crippen molar-refractivity contribution >= 4 is 27.8 Å². The molecule has 18 heavy (non-hydrogen) atoms. The summed E-state index contributed by atoms with van der Waals surface area (Å²) in [6, 6.07) is 7.16. The average Bonchev–Trinajstić information content (AvgIpc) is 2.25. The predicted octanol–water partition coefficient (Wildman–Crippen LogP) is 1.37. The van der Waals surface area contributed by atoms with Crippen molar-refractivity contribution in [2.45, 2.75) is 0 Å². The Hall–Kier alpha value is -1.56. The van der Waals surface area contributed by atoms with Crippen LogP contribution in [0.3, 0.4) is 0 Å². The normalized spacial score (nSPS) is 15.1. The van der Waals surface area contributed by atoms with E-state index in [0.717, 1.165) is 4.47 Å². The van der Waals surface area contributed by atoms with Crippen LogP contribution >= 0.6 is 15.9 Å². The van der Waals surface area contributed by atoms with Crippen LogP contribution in [-0.2, 0) is 9.59 Å². The van der Waals surface area contributed by atoms with E-state index in [2.05, 4.69) is 15.9 Å². The molecule has 0 aromatic heterocycles. The van der Waals surface area contributed by atoms with E-state index < -0.39 is 11.9 Å². The number of carbonyl (C=O) groups excluding carboxylic acids is 1. The molecular formula is C12H12BrNO4. The Morgan fingerprint density at radius 3 is 2.50 bits per heavy atom. The highest BCUT2D eigenvalue weighted by Crippen LogP contribution is 2.18. The second-order valence-electron chi connectivity index (χ2n) is 4.08. The third-order valence-corrected chi connectivity index (χ3v) is 3.29. The monoisotopic (exact) mass is 313 g/mol. The van der Waals surface area contributed by atoms with Crippen molar-refractivity contribution in [3.05, 3.63) is 28.7 Å². The van der Waals surface area contributed by atoms with Gasteiger partial charge in [0.25, 0.3) is 5.91 Å². The van der Waals surface area contributed by atoms with Gasteiger partial charge in [-0.05, 0) is 24.3 Å². The summed E-state index contributed by atoms with van der Waals surface area (Å²) in [5.41, 5.74) is 0. The Labute approximate surface area is 112 Å². The summed E-state index contributed by atoms with van der Waals surface area (Å²) in [4.78, 5) is 23.7. The lowest BCUT2D eigenvalue weighted by atomic mass is 10.0. The van der Waals surface area contributed by atoms with Crippen molar-refractivity contribution in [1.29, 1.82) is 0 Å². The fourth-order valence-corrected chi connectivity index (χ4v) is 1.87. The molecule has 0 spiro atoms. The van der Waals surface area contributed by atoms with Crippen molar-refractivity contribution in [2.24, 2.45) is 5.92 Å². The largest absolute Gasteiger partial charge is 0.484 e. The molecule has 5 nitrogen and oxygen atoms in total. The fourth-order valence-electron chi connectivity index (χ4n) is 1.61. The molecule has 0 aliphatic carbocycles. The number of likely N-dealkylation sites (tertiary alicyclic amines) is 1. The van der Waals surface area contributed by atoms with E-state index >= 15 is 0 Å². The number of hydrogen-bond acceptors (Lipinski definition) is 3. The zero-order valence-corrected chi connectivity index (χ0v) is 11.1. The predicted molar refractivity (Wildman–Crippen MR) is 67.3 cm³/mol. The van der Waals surface area contributed by atoms with E-state index in [0.29, 0.717) is 5.75 Å². The van der Waals surface area contributed by atoms with E-state index in [1.54, 1.807) is 12.1 Å². The highest BCUT2D eigenvalue weighted by Gasteiger charge is 2.35. The topological polar surface area (TPSA) is 66.8 Å². The molecule has 96 valence electrons. The summed E-state index contributed by atoms with van der Waals surface area (Å²) in [5.74, 6) is -0.855. The molecule has 1 saturated heterocycles. The number of carboxylic acid groups (broad SMARTS) is 1. The molecule has 0 bridgehead atoms. The molecule has 1 aliphatic rings. The average molecular weight is 314 g/mol. The first-order chi connectivity index (χ1) is 8.56. The number of ether oxygens (including phenoxy) is 1. The molecule has 1 fully saturated rings. The molecule has 0 saturated carbocycles. The summed E-state index contributed by atoms with van der Waals surface area (Å²) in [7, 11) is 0. The molecule has 0 unspecified atom stereocenters. The lowest BCUT2D eigenvalue weighted by Crippen LogP contribution is -2.54. The van der Waals surface area contributed by atoms with Gasteiger partial charge in [0.2, 0.25) is 0 Å². The molecule has 0 atom stereocenters. The van der Waals surface area contributed by atoms with Gasteiger partial charge in [0, 0.05) is 17.6 Å². The molecule has 1 aromatic rings. The van der Waals surface area contributed by atoms with Gasteiger partial charge in [-0.15, -0.1) is 0 Å². The van der Waals surface area contributed by atoms with Crippen molar-refractivity contribution < 1.29 is 19.4 Å². The second-order valence-corrected chi connectivity index (χ2v) is 4.99. The van der Waals surface area contributed by atoms with Crippen molar-refractivity contribution in [3.8, 4) is 5.75 Å². The molecule has 1 heterocycles. The van der Waals surface area contributed by atoms with Gasteiger partial charge in [0.1, 0.15) is 5.75 Å². The summed E-state index contributed by atoms with van der Waals surface area (Å²) >= 11 is 3.30. The SMILES string of the molecule is O=C(O)C1CN(C(=O)COc2ccc(Br)cc2)C1. The van der Waals surface area contributed by atoms with E-state index in [1.807, 2.05) is 12.1 Å². The molecule has 1 aromatic carbocycles. The summed E-state index contributed by atoms with van der Waals surface area (Å²) < 4.78 is 6.25. The van der Waals surface area contributed by atoms with Gasteiger partial charge in [-0.1, -0.05) is 15.9 Å². The first-order valence-electron chi connectivity index (χ1n) is 5.45. The van der Waals surface area contributed by atoms with Crippen LogP contribution in [-0.4, -0.2) is 41.6 Å². The molecule has 0 radical (unpaired) electrons. The third-order valence-electron chi connectivity index (χ3n) is 2.76. The standard InChI is InChI=1S/C12H12BrNO4/c13-9-1-3-10(4-2-9)18-7-11(15)14-5-8(6-14)12(16)17/h1-4,8H,5-7H2,(H,16,17). The van der Waals surface area contributed by atoms with E-state index in [9.17, 15) is 9.59 Å². The Bertz CT molecular complexity index is 454. The Morgan fingerprint density at radius 2 is 1.94 bits per heavy atom. The summed E-state index contributed by atoms with van der Waals surface area (Å²) in [6.07, 6.45) is 0. The molecule has 6 heteroatoms. The minimum Gasteiger partial charge on any atom is -0.484 e. The zero-order valence-electron chi connectivity index (χ0n) is 9.51. The molecular weight excluding hydrogens is 302 g/mol. The van der Waals surface area contributed by atoms with Crippen molar-refractivity contribution in [1.82, 2.24) is 4.90 Å². The van der Waals surface area contributed by atoms with Crippen LogP contribution in [0, 0.1) is 5.92 Å². The van der Waals surface area contributed by atoms with Crippen LogP contribution in [0.15, 0.2) is 28.7 Å². The lowest BCUT2D eigenvalue weighted by molar-refractivity contribution is -0.153. The van der Waals surface area contributed by atoms with Crippen LogP contribution in [0.25, 0.3) is 0 Å². The van der Waals surface area contributed by atoms with Gasteiger partial charge in [-0.3, -0.25) is 9.59 Å². The quantitative estimate of drug-likeness (QED) is 0.911. The molecule has 2 rings (SSSR count). The van der Waals surface area contributed by atoms with Gasteiger partial charge in [-0.25, -0.2) is 0 Å². The molecule has 1 N–H and O–H groups in total. The van der Waals surface area contributed by atoms with Gasteiger partial charge in [0.05, 0.1) is 5.92 Å². The third kappa shape index (κ3) is 3.01. The first-order valence-corrected chi connectivity index (χ1v) is 6.24. The highest BCUT2D eigenvalue weighted by molar-refractivity contribution is 9.10. The second kappa shape index (κ2) is 5.39. The smallest absolute Gasteiger partial charge is 0.310 e. The Kier molecular flexibility index (Phi) is 3.86. The number of halogens is 1. The minimum absolute atomic E-state index is 0.0615. The maximum Gasteiger partial charge on any atom is 0.310 e. The highest BCUT2D eigenvalue weighted by atomic mass is 79.9. The van der Waals surface area contributed by atoms with Crippen molar-refractivity contribution in [2.75, 3.05) is 19.7 Å². The van der Waals surface area contributed by atoms with Gasteiger partial charge in [-0.2, -0.15) is 0 Å². The van der Waals surface area contributed by atoms with Crippen LogP contribution in [0.4, 0.5) is 0 Å². The van der Waals surface area contributed by atoms with Gasteiger partial charge >= 0.3 is 5.97 Å². The maximum absolute atomic E-state index is 11.6. The summed E-state index contributed by atoms with van der Waals surface area (Å²) in [5, 5.41) is 8.69. The van der Waals surface area contributed by atoms with E-state index in [4.69, 9.17) is 9.84 Å². The van der Waals surface area contributed by atoms with Gasteiger partial charge in [0.15, 0.2) is 6.61 Å². The number of carboxylic acids is 1. The number of rotatable bonds is 4. The Balaban J connectivity index is 1.76. The Morgan fingerprint density at radius 1 is 1.33 bits per heavy atom. The van der Waals surface area contributed by atoms with Gasteiger partial charge < -0.3 is 14.7 Å². The van der Waals surface area contributed by atoms with E-state index in [1.165, 1.54) is 4.90 Å². The minimum atomic E-state index is -0.854. The van der Waals surface area contributed by atoms with Crippen LogP contribution in [0.1, 0.15) is 0 Å². The number of benzene rings is 1. The van der Waals surface area contributed by atoms with Crippen LogP contribution < -0.4 is 4.74 Å². The van der Waals surface area contributed by atoms with Crippen LogP contribution in [0.5, 0.6) is 5.75 Å². The summed E-state index contributed by atoms with van der Waals surface area (Å²) in [6.45, 7) is 0.490. The van der Waals surface area contributed by atoms with Crippen LogP contribution in [0.2, 0.25) is 0 Å².